The highest BCUT2D eigenvalue weighted by Gasteiger charge is 2.39. The van der Waals surface area contributed by atoms with Gasteiger partial charge in [0.1, 0.15) is 11.9 Å². The molecule has 0 bridgehead atoms. The Morgan fingerprint density at radius 2 is 1.96 bits per heavy atom. The fraction of sp³-hybridized carbons (Fsp3) is 0.476. The third kappa shape index (κ3) is 3.61. The van der Waals surface area contributed by atoms with E-state index >= 15 is 0 Å². The van der Waals surface area contributed by atoms with E-state index in [-0.39, 0.29) is 23.8 Å². The van der Waals surface area contributed by atoms with Crippen molar-refractivity contribution in [3.63, 3.8) is 0 Å². The van der Waals surface area contributed by atoms with Crippen LogP contribution >= 0.6 is 0 Å². The normalized spacial score (nSPS) is 21.6. The summed E-state index contributed by atoms with van der Waals surface area (Å²) in [5.74, 6) is 0.548. The summed E-state index contributed by atoms with van der Waals surface area (Å²) in [6.45, 7) is 0.539. The molecule has 2 fully saturated rings. The van der Waals surface area contributed by atoms with E-state index in [1.807, 2.05) is 53.0 Å². The molecule has 1 aliphatic carbocycles. The predicted molar refractivity (Wildman–Crippen MR) is 102 cm³/mol. The van der Waals surface area contributed by atoms with Crippen molar-refractivity contribution in [3.8, 4) is 0 Å². The maximum Gasteiger partial charge on any atom is 0.226 e. The number of rotatable bonds is 5. The van der Waals surface area contributed by atoms with Gasteiger partial charge in [0, 0.05) is 38.4 Å². The van der Waals surface area contributed by atoms with Crippen LogP contribution in [-0.2, 0) is 16.6 Å². The molecule has 27 heavy (non-hydrogen) atoms. The molecule has 2 aliphatic rings. The summed E-state index contributed by atoms with van der Waals surface area (Å²) in [6, 6.07) is 9.85. The minimum absolute atomic E-state index is 0.0688. The van der Waals surface area contributed by atoms with E-state index in [2.05, 4.69) is 10.3 Å². The fourth-order valence-corrected chi connectivity index (χ4v) is 4.33. The van der Waals surface area contributed by atoms with Gasteiger partial charge in [0.05, 0.1) is 5.92 Å². The molecule has 6 heteroatoms. The highest BCUT2D eigenvalue weighted by molar-refractivity contribution is 5.89. The number of hydrogen-bond donors (Lipinski definition) is 1. The molecule has 0 radical (unpaired) electrons. The minimum atomic E-state index is -0.325. The van der Waals surface area contributed by atoms with Gasteiger partial charge in [-0.3, -0.25) is 9.59 Å². The first kappa shape index (κ1) is 17.8. The van der Waals surface area contributed by atoms with Crippen LogP contribution in [0.2, 0.25) is 0 Å². The quantitative estimate of drug-likeness (QED) is 0.884. The van der Waals surface area contributed by atoms with Gasteiger partial charge >= 0.3 is 0 Å². The molecule has 6 nitrogen and oxygen atoms in total. The first-order valence-corrected chi connectivity index (χ1v) is 9.75. The van der Waals surface area contributed by atoms with Crippen LogP contribution in [0.15, 0.2) is 42.7 Å². The van der Waals surface area contributed by atoms with E-state index in [1.54, 1.807) is 6.20 Å². The van der Waals surface area contributed by atoms with E-state index in [9.17, 15) is 9.59 Å². The van der Waals surface area contributed by atoms with Crippen LogP contribution in [0.5, 0.6) is 0 Å². The maximum atomic E-state index is 13.0. The second kappa shape index (κ2) is 7.55. The third-order valence-corrected chi connectivity index (χ3v) is 5.83. The molecular weight excluding hydrogens is 340 g/mol. The highest BCUT2D eigenvalue weighted by Crippen LogP contribution is 2.30. The van der Waals surface area contributed by atoms with Crippen molar-refractivity contribution < 1.29 is 9.59 Å². The Labute approximate surface area is 159 Å². The third-order valence-electron chi connectivity index (χ3n) is 5.83. The SMILES string of the molecule is Cn1ccnc1C(NC(=O)C1CC(=O)N(C2CCCC2)C1)c1ccccc1. The zero-order chi connectivity index (χ0) is 18.8. The van der Waals surface area contributed by atoms with Gasteiger partial charge in [-0.2, -0.15) is 0 Å². The largest absolute Gasteiger partial charge is 0.342 e. The van der Waals surface area contributed by atoms with Gasteiger partial charge in [-0.15, -0.1) is 0 Å². The van der Waals surface area contributed by atoms with E-state index in [0.29, 0.717) is 19.0 Å². The lowest BCUT2D eigenvalue weighted by Crippen LogP contribution is -2.38. The smallest absolute Gasteiger partial charge is 0.226 e. The Morgan fingerprint density at radius 1 is 1.22 bits per heavy atom. The van der Waals surface area contributed by atoms with Gasteiger partial charge in [0.25, 0.3) is 0 Å². The Bertz CT molecular complexity index is 811. The van der Waals surface area contributed by atoms with Crippen LogP contribution in [-0.4, -0.2) is 38.9 Å². The molecule has 1 saturated heterocycles. The Morgan fingerprint density at radius 3 is 2.63 bits per heavy atom. The molecule has 1 N–H and O–H groups in total. The molecule has 2 amide bonds. The number of aromatic nitrogens is 2. The van der Waals surface area contributed by atoms with Gasteiger partial charge in [0.15, 0.2) is 0 Å². The number of amides is 2. The van der Waals surface area contributed by atoms with Gasteiger partial charge in [-0.1, -0.05) is 43.2 Å². The number of hydrogen-bond acceptors (Lipinski definition) is 3. The molecular formula is C21H26N4O2. The fourth-order valence-electron chi connectivity index (χ4n) is 4.33. The number of carbonyl (C=O) groups is 2. The average molecular weight is 366 g/mol. The number of benzene rings is 1. The van der Waals surface area contributed by atoms with Crippen molar-refractivity contribution in [2.75, 3.05) is 6.54 Å². The molecule has 0 spiro atoms. The first-order valence-electron chi connectivity index (χ1n) is 9.75. The van der Waals surface area contributed by atoms with E-state index in [0.717, 1.165) is 24.2 Å². The van der Waals surface area contributed by atoms with E-state index in [4.69, 9.17) is 0 Å². The van der Waals surface area contributed by atoms with Crippen LogP contribution in [0.3, 0.4) is 0 Å². The van der Waals surface area contributed by atoms with Crippen LogP contribution in [0.4, 0.5) is 0 Å². The van der Waals surface area contributed by atoms with Gasteiger partial charge < -0.3 is 14.8 Å². The number of likely N-dealkylation sites (tertiary alicyclic amines) is 1. The Balaban J connectivity index is 1.51. The molecule has 1 saturated carbocycles. The van der Waals surface area contributed by atoms with Crippen molar-refractivity contribution in [3.05, 3.63) is 54.1 Å². The molecule has 1 aromatic heterocycles. The number of carbonyl (C=O) groups excluding carboxylic acids is 2. The number of aryl methyl sites for hydroxylation is 1. The zero-order valence-corrected chi connectivity index (χ0v) is 15.7. The molecule has 1 aliphatic heterocycles. The van der Waals surface area contributed by atoms with Crippen LogP contribution < -0.4 is 5.32 Å². The molecule has 1 aromatic carbocycles. The number of nitrogens with one attached hydrogen (secondary N) is 1. The molecule has 2 heterocycles. The van der Waals surface area contributed by atoms with Crippen molar-refractivity contribution in [2.45, 2.75) is 44.2 Å². The predicted octanol–water partition coefficient (Wildman–Crippen LogP) is 2.42. The second-order valence-electron chi connectivity index (χ2n) is 7.63. The molecule has 2 unspecified atom stereocenters. The van der Waals surface area contributed by atoms with Crippen molar-refractivity contribution in [2.24, 2.45) is 13.0 Å². The summed E-state index contributed by atoms with van der Waals surface area (Å²) < 4.78 is 1.92. The molecule has 4 rings (SSSR count). The Kier molecular flexibility index (Phi) is 4.97. The lowest BCUT2D eigenvalue weighted by molar-refractivity contribution is -0.130. The topological polar surface area (TPSA) is 67.2 Å². The van der Waals surface area contributed by atoms with Crippen LogP contribution in [0, 0.1) is 5.92 Å². The maximum absolute atomic E-state index is 13.0. The number of imidazole rings is 1. The Hall–Kier alpha value is -2.63. The summed E-state index contributed by atoms with van der Waals surface area (Å²) in [5, 5.41) is 3.15. The van der Waals surface area contributed by atoms with E-state index < -0.39 is 0 Å². The van der Waals surface area contributed by atoms with Gasteiger partial charge in [-0.25, -0.2) is 4.98 Å². The van der Waals surface area contributed by atoms with Crippen LogP contribution in [0.1, 0.15) is 49.5 Å². The lowest BCUT2D eigenvalue weighted by Gasteiger charge is -2.24. The minimum Gasteiger partial charge on any atom is -0.342 e. The summed E-state index contributed by atoms with van der Waals surface area (Å²) in [7, 11) is 1.92. The van der Waals surface area contributed by atoms with Crippen molar-refractivity contribution in [1.82, 2.24) is 19.8 Å². The van der Waals surface area contributed by atoms with Gasteiger partial charge in [0.2, 0.25) is 11.8 Å². The second-order valence-corrected chi connectivity index (χ2v) is 7.63. The highest BCUT2D eigenvalue weighted by atomic mass is 16.2. The zero-order valence-electron chi connectivity index (χ0n) is 15.7. The van der Waals surface area contributed by atoms with Crippen molar-refractivity contribution >= 4 is 11.8 Å². The average Bonchev–Trinajstić information content (AvgIpc) is 3.41. The number of nitrogens with zero attached hydrogens (tertiary/aromatic N) is 3. The van der Waals surface area contributed by atoms with Crippen molar-refractivity contribution in [1.29, 1.82) is 0 Å². The van der Waals surface area contributed by atoms with E-state index in [1.165, 1.54) is 12.8 Å². The monoisotopic (exact) mass is 366 g/mol. The summed E-state index contributed by atoms with van der Waals surface area (Å²) in [6.07, 6.45) is 8.42. The lowest BCUT2D eigenvalue weighted by atomic mass is 10.0. The standard InChI is InChI=1S/C21H26N4O2/c1-24-12-11-22-20(24)19(15-7-3-2-4-8-15)23-21(27)16-13-18(26)25(14-16)17-9-5-6-10-17/h2-4,7-8,11-12,16-17,19H,5-6,9-10,13-14H2,1H3,(H,23,27). The molecule has 142 valence electrons. The van der Waals surface area contributed by atoms with Gasteiger partial charge in [-0.05, 0) is 18.4 Å². The summed E-state index contributed by atoms with van der Waals surface area (Å²) >= 11 is 0. The molecule has 2 atom stereocenters. The molecule has 2 aromatic rings. The first-order chi connectivity index (χ1) is 13.1. The van der Waals surface area contributed by atoms with Crippen LogP contribution in [0.25, 0.3) is 0 Å². The summed E-state index contributed by atoms with van der Waals surface area (Å²) in [4.78, 5) is 31.8. The summed E-state index contributed by atoms with van der Waals surface area (Å²) in [5.41, 5.74) is 0.983.